The van der Waals surface area contributed by atoms with E-state index in [0.29, 0.717) is 16.9 Å². The van der Waals surface area contributed by atoms with Crippen LogP contribution in [0.15, 0.2) is 59.6 Å². The summed E-state index contributed by atoms with van der Waals surface area (Å²) in [7, 11) is 0. The first kappa shape index (κ1) is 18.2. The van der Waals surface area contributed by atoms with Crippen LogP contribution in [0.5, 0.6) is 5.75 Å². The zero-order valence-electron chi connectivity index (χ0n) is 14.5. The predicted molar refractivity (Wildman–Crippen MR) is 103 cm³/mol. The molecular weight excluding hydrogens is 346 g/mol. The average molecular weight is 365 g/mol. The van der Waals surface area contributed by atoms with Crippen molar-refractivity contribution in [3.05, 3.63) is 65.7 Å². The van der Waals surface area contributed by atoms with Crippen LogP contribution in [-0.2, 0) is 4.79 Å². The second kappa shape index (κ2) is 8.66. The molecule has 0 spiro atoms. The van der Waals surface area contributed by atoms with Gasteiger partial charge in [0.1, 0.15) is 5.75 Å². The zero-order chi connectivity index (χ0) is 19.1. The van der Waals surface area contributed by atoms with Crippen LogP contribution in [0.3, 0.4) is 0 Å². The Morgan fingerprint density at radius 1 is 1.22 bits per heavy atom. The first-order valence-electron chi connectivity index (χ1n) is 8.43. The van der Waals surface area contributed by atoms with Gasteiger partial charge in [-0.25, -0.2) is 4.79 Å². The largest absolute Gasteiger partial charge is 0.485 e. The number of rotatable bonds is 7. The van der Waals surface area contributed by atoms with Crippen molar-refractivity contribution in [2.75, 3.05) is 25.0 Å². The van der Waals surface area contributed by atoms with E-state index in [-0.39, 0.29) is 12.4 Å². The standard InChI is InChI=1S/C20H19N3O4/c24-18(15-4-1-3-14(11-15)7-8-19(25)26)13-27-17-6-2-5-16(12-17)23-20-21-9-10-22-20/h1-8,11-12H,9-10,13H2,(H,25,26)(H2,21,22,23). The summed E-state index contributed by atoms with van der Waals surface area (Å²) < 4.78 is 5.60. The van der Waals surface area contributed by atoms with Crippen molar-refractivity contribution in [2.45, 2.75) is 0 Å². The van der Waals surface area contributed by atoms with Crippen molar-refractivity contribution in [3.63, 3.8) is 0 Å². The van der Waals surface area contributed by atoms with Gasteiger partial charge in [0.05, 0.1) is 6.54 Å². The Morgan fingerprint density at radius 2 is 2.07 bits per heavy atom. The number of benzene rings is 2. The van der Waals surface area contributed by atoms with Crippen LogP contribution in [0.1, 0.15) is 15.9 Å². The molecule has 0 atom stereocenters. The van der Waals surface area contributed by atoms with E-state index in [1.807, 2.05) is 12.1 Å². The summed E-state index contributed by atoms with van der Waals surface area (Å²) in [6.45, 7) is 1.44. The topological polar surface area (TPSA) is 100 Å². The summed E-state index contributed by atoms with van der Waals surface area (Å²) in [4.78, 5) is 27.2. The van der Waals surface area contributed by atoms with E-state index < -0.39 is 5.97 Å². The highest BCUT2D eigenvalue weighted by Gasteiger charge is 2.09. The molecule has 0 saturated heterocycles. The number of carboxylic acids is 1. The maximum Gasteiger partial charge on any atom is 0.328 e. The highest BCUT2D eigenvalue weighted by Crippen LogP contribution is 2.18. The minimum atomic E-state index is -1.04. The molecule has 7 nitrogen and oxygen atoms in total. The molecule has 2 aromatic carbocycles. The fourth-order valence-corrected chi connectivity index (χ4v) is 2.50. The third kappa shape index (κ3) is 5.43. The fraction of sp³-hybridized carbons (Fsp3) is 0.150. The maximum atomic E-state index is 12.4. The molecule has 1 aliphatic rings. The van der Waals surface area contributed by atoms with Crippen molar-refractivity contribution >= 4 is 29.5 Å². The minimum absolute atomic E-state index is 0.116. The van der Waals surface area contributed by atoms with Gasteiger partial charge < -0.3 is 20.5 Å². The number of aliphatic carboxylic acids is 1. The van der Waals surface area contributed by atoms with Gasteiger partial charge >= 0.3 is 5.97 Å². The Balaban J connectivity index is 1.60. The summed E-state index contributed by atoms with van der Waals surface area (Å²) in [5.74, 6) is 0.0476. The number of nitrogens with one attached hydrogen (secondary N) is 2. The van der Waals surface area contributed by atoms with Gasteiger partial charge in [0.2, 0.25) is 0 Å². The van der Waals surface area contributed by atoms with Gasteiger partial charge in [-0.3, -0.25) is 9.79 Å². The number of carboxylic acid groups (broad SMARTS) is 1. The number of nitrogens with zero attached hydrogens (tertiary/aromatic N) is 1. The molecule has 3 N–H and O–H groups in total. The number of Topliss-reactive ketones (excluding diaryl/α,β-unsaturated/α-hetero) is 1. The van der Waals surface area contributed by atoms with Gasteiger partial charge in [-0.05, 0) is 29.8 Å². The molecule has 0 aliphatic carbocycles. The molecule has 0 fully saturated rings. The Hall–Kier alpha value is -3.61. The lowest BCUT2D eigenvalue weighted by molar-refractivity contribution is -0.131. The van der Waals surface area contributed by atoms with Gasteiger partial charge in [-0.2, -0.15) is 0 Å². The first-order chi connectivity index (χ1) is 13.1. The number of guanidine groups is 1. The lowest BCUT2D eigenvalue weighted by Gasteiger charge is -2.10. The molecule has 0 radical (unpaired) electrons. The third-order valence-corrected chi connectivity index (χ3v) is 3.77. The van der Waals surface area contributed by atoms with E-state index in [4.69, 9.17) is 9.84 Å². The molecule has 2 aromatic rings. The highest BCUT2D eigenvalue weighted by atomic mass is 16.5. The Morgan fingerprint density at radius 3 is 2.85 bits per heavy atom. The zero-order valence-corrected chi connectivity index (χ0v) is 14.5. The normalized spacial score (nSPS) is 13.1. The van der Waals surface area contributed by atoms with Crippen molar-refractivity contribution in [3.8, 4) is 5.75 Å². The SMILES string of the molecule is O=C(O)C=Cc1cccc(C(=O)COc2cccc(NC3=NCCN3)c2)c1. The lowest BCUT2D eigenvalue weighted by atomic mass is 10.1. The molecule has 7 heteroatoms. The molecule has 0 bridgehead atoms. The predicted octanol–water partition coefficient (Wildman–Crippen LogP) is 2.42. The number of hydrogen-bond donors (Lipinski definition) is 3. The van der Waals surface area contributed by atoms with Gasteiger partial charge in [-0.1, -0.05) is 24.3 Å². The van der Waals surface area contributed by atoms with Crippen molar-refractivity contribution in [1.82, 2.24) is 5.32 Å². The Kier molecular flexibility index (Phi) is 5.84. The van der Waals surface area contributed by atoms with E-state index in [9.17, 15) is 9.59 Å². The number of anilines is 1. The number of carbonyl (C=O) groups excluding carboxylic acids is 1. The van der Waals surface area contributed by atoms with Crippen LogP contribution >= 0.6 is 0 Å². The summed E-state index contributed by atoms with van der Waals surface area (Å²) in [5, 5.41) is 15.0. The number of ketones is 1. The molecular formula is C20H19N3O4. The quantitative estimate of drug-likeness (QED) is 0.515. The van der Waals surface area contributed by atoms with E-state index in [2.05, 4.69) is 15.6 Å². The minimum Gasteiger partial charge on any atom is -0.485 e. The van der Waals surface area contributed by atoms with Crippen LogP contribution in [-0.4, -0.2) is 42.5 Å². The summed E-state index contributed by atoms with van der Waals surface area (Å²) in [6, 6.07) is 14.0. The van der Waals surface area contributed by atoms with Gasteiger partial charge in [0.25, 0.3) is 0 Å². The van der Waals surface area contributed by atoms with Crippen molar-refractivity contribution in [2.24, 2.45) is 4.99 Å². The van der Waals surface area contributed by atoms with Crippen LogP contribution < -0.4 is 15.4 Å². The lowest BCUT2D eigenvalue weighted by Crippen LogP contribution is -2.26. The van der Waals surface area contributed by atoms with Crippen molar-refractivity contribution < 1.29 is 19.4 Å². The number of ether oxygens (including phenoxy) is 1. The molecule has 0 saturated carbocycles. The van der Waals surface area contributed by atoms with Crippen LogP contribution in [0, 0.1) is 0 Å². The molecule has 0 unspecified atom stereocenters. The summed E-state index contributed by atoms with van der Waals surface area (Å²) in [5.41, 5.74) is 1.91. The van der Waals surface area contributed by atoms with E-state index in [0.717, 1.165) is 30.8 Å². The summed E-state index contributed by atoms with van der Waals surface area (Å²) in [6.07, 6.45) is 2.47. The molecule has 1 aliphatic heterocycles. The Labute approximate surface area is 156 Å². The van der Waals surface area contributed by atoms with Crippen LogP contribution in [0.2, 0.25) is 0 Å². The second-order valence-corrected chi connectivity index (χ2v) is 5.82. The maximum absolute atomic E-state index is 12.4. The molecule has 3 rings (SSSR count). The van der Waals surface area contributed by atoms with Crippen molar-refractivity contribution in [1.29, 1.82) is 0 Å². The Bertz CT molecular complexity index is 906. The monoisotopic (exact) mass is 365 g/mol. The van der Waals surface area contributed by atoms with Gasteiger partial charge in [0, 0.05) is 29.9 Å². The number of carbonyl (C=O) groups is 2. The first-order valence-corrected chi connectivity index (χ1v) is 8.43. The third-order valence-electron chi connectivity index (χ3n) is 3.77. The van der Waals surface area contributed by atoms with Crippen LogP contribution in [0.4, 0.5) is 5.69 Å². The van der Waals surface area contributed by atoms with E-state index in [1.165, 1.54) is 6.08 Å². The van der Waals surface area contributed by atoms with Crippen LogP contribution in [0.25, 0.3) is 6.08 Å². The molecule has 0 aromatic heterocycles. The second-order valence-electron chi connectivity index (χ2n) is 5.82. The van der Waals surface area contributed by atoms with E-state index in [1.54, 1.807) is 36.4 Å². The van der Waals surface area contributed by atoms with E-state index >= 15 is 0 Å². The average Bonchev–Trinajstić information content (AvgIpc) is 3.18. The molecule has 27 heavy (non-hydrogen) atoms. The fourth-order valence-electron chi connectivity index (χ4n) is 2.50. The molecule has 0 amide bonds. The number of hydrogen-bond acceptors (Lipinski definition) is 6. The highest BCUT2D eigenvalue weighted by molar-refractivity contribution is 5.98. The number of aliphatic imine (C=N–C) groups is 1. The molecule has 1 heterocycles. The summed E-state index contributed by atoms with van der Waals surface area (Å²) >= 11 is 0. The van der Waals surface area contributed by atoms with Gasteiger partial charge in [0.15, 0.2) is 18.3 Å². The van der Waals surface area contributed by atoms with Gasteiger partial charge in [-0.15, -0.1) is 0 Å². The smallest absolute Gasteiger partial charge is 0.328 e. The molecule has 138 valence electrons.